The fraction of sp³-hybridized carbons (Fsp3) is 0.385. The number of nitrogens with two attached hydrogens (primary N) is 1. The molecule has 6 heteroatoms. The smallest absolute Gasteiger partial charge is 0.407 e. The molecule has 1 aliphatic carbocycles. The van der Waals surface area contributed by atoms with E-state index >= 15 is 0 Å². The fourth-order valence-electron chi connectivity index (χ4n) is 2.28. The second-order valence-corrected chi connectivity index (χ2v) is 4.23. The van der Waals surface area contributed by atoms with Gasteiger partial charge in [0.2, 0.25) is 0 Å². The van der Waals surface area contributed by atoms with Crippen LogP contribution in [-0.4, -0.2) is 24.8 Å². The molecule has 0 radical (unpaired) electrons. The number of ether oxygens (including phenoxy) is 2. The number of rotatable bonds is 3. The Morgan fingerprint density at radius 2 is 2.16 bits per heavy atom. The SMILES string of the molecule is CCOC(=O)NC1Cc2ccccc2C1OC(N)=O. The number of primary amides is 1. The van der Waals surface area contributed by atoms with Crippen molar-refractivity contribution in [2.24, 2.45) is 5.73 Å². The molecule has 3 N–H and O–H groups in total. The molecule has 102 valence electrons. The van der Waals surface area contributed by atoms with Crippen LogP contribution in [0.1, 0.15) is 24.2 Å². The summed E-state index contributed by atoms with van der Waals surface area (Å²) in [5.41, 5.74) is 6.96. The molecule has 1 aromatic carbocycles. The maximum Gasteiger partial charge on any atom is 0.407 e. The molecule has 0 spiro atoms. The molecule has 0 bridgehead atoms. The summed E-state index contributed by atoms with van der Waals surface area (Å²) < 4.78 is 9.93. The van der Waals surface area contributed by atoms with Crippen molar-refractivity contribution in [2.45, 2.75) is 25.5 Å². The van der Waals surface area contributed by atoms with E-state index < -0.39 is 18.3 Å². The van der Waals surface area contributed by atoms with Crippen LogP contribution in [0.3, 0.4) is 0 Å². The second kappa shape index (κ2) is 5.60. The Hall–Kier alpha value is -2.24. The Bertz CT molecular complexity index is 489. The van der Waals surface area contributed by atoms with Gasteiger partial charge in [0.1, 0.15) is 6.10 Å². The number of amides is 2. The van der Waals surface area contributed by atoms with E-state index in [1.165, 1.54) is 0 Å². The van der Waals surface area contributed by atoms with Gasteiger partial charge in [-0.05, 0) is 24.5 Å². The lowest BCUT2D eigenvalue weighted by Gasteiger charge is -2.20. The summed E-state index contributed by atoms with van der Waals surface area (Å²) in [7, 11) is 0. The highest BCUT2D eigenvalue weighted by atomic mass is 16.6. The third-order valence-corrected chi connectivity index (χ3v) is 2.99. The van der Waals surface area contributed by atoms with E-state index in [0.29, 0.717) is 6.42 Å². The van der Waals surface area contributed by atoms with Gasteiger partial charge in [-0.2, -0.15) is 0 Å². The van der Waals surface area contributed by atoms with Crippen LogP contribution in [0.5, 0.6) is 0 Å². The first-order valence-corrected chi connectivity index (χ1v) is 6.09. The lowest BCUT2D eigenvalue weighted by molar-refractivity contribution is 0.0825. The van der Waals surface area contributed by atoms with Gasteiger partial charge in [-0.1, -0.05) is 24.3 Å². The van der Waals surface area contributed by atoms with Gasteiger partial charge >= 0.3 is 12.2 Å². The van der Waals surface area contributed by atoms with Crippen LogP contribution in [0.15, 0.2) is 24.3 Å². The van der Waals surface area contributed by atoms with E-state index in [-0.39, 0.29) is 12.6 Å². The van der Waals surface area contributed by atoms with Crippen molar-refractivity contribution in [2.75, 3.05) is 6.61 Å². The molecule has 0 aliphatic heterocycles. The highest BCUT2D eigenvalue weighted by Crippen LogP contribution is 2.34. The van der Waals surface area contributed by atoms with Crippen LogP contribution in [-0.2, 0) is 15.9 Å². The number of nitrogens with one attached hydrogen (secondary N) is 1. The Morgan fingerprint density at radius 3 is 2.84 bits per heavy atom. The van der Waals surface area contributed by atoms with Gasteiger partial charge < -0.3 is 20.5 Å². The molecule has 0 saturated carbocycles. The van der Waals surface area contributed by atoms with Crippen LogP contribution in [0, 0.1) is 0 Å². The van der Waals surface area contributed by atoms with Gasteiger partial charge in [0.15, 0.2) is 0 Å². The third kappa shape index (κ3) is 2.96. The number of alkyl carbamates (subject to hydrolysis) is 1. The van der Waals surface area contributed by atoms with E-state index in [1.54, 1.807) is 6.92 Å². The van der Waals surface area contributed by atoms with Crippen LogP contribution < -0.4 is 11.1 Å². The van der Waals surface area contributed by atoms with Gasteiger partial charge in [-0.3, -0.25) is 0 Å². The van der Waals surface area contributed by atoms with Crippen LogP contribution in [0.25, 0.3) is 0 Å². The van der Waals surface area contributed by atoms with E-state index in [1.807, 2.05) is 24.3 Å². The zero-order chi connectivity index (χ0) is 13.8. The van der Waals surface area contributed by atoms with Gasteiger partial charge in [-0.15, -0.1) is 0 Å². The highest BCUT2D eigenvalue weighted by Gasteiger charge is 2.36. The van der Waals surface area contributed by atoms with Crippen LogP contribution in [0.2, 0.25) is 0 Å². The lowest BCUT2D eigenvalue weighted by atomic mass is 10.1. The minimum Gasteiger partial charge on any atom is -0.450 e. The minimum absolute atomic E-state index is 0.285. The Morgan fingerprint density at radius 1 is 1.42 bits per heavy atom. The number of fused-ring (bicyclic) bond motifs is 1. The molecule has 0 heterocycles. The Kier molecular flexibility index (Phi) is 3.89. The average Bonchev–Trinajstić information content (AvgIpc) is 2.67. The van der Waals surface area contributed by atoms with E-state index in [0.717, 1.165) is 11.1 Å². The molecule has 2 rings (SSSR count). The maximum atomic E-state index is 11.5. The predicted molar refractivity (Wildman–Crippen MR) is 67.5 cm³/mol. The average molecular weight is 264 g/mol. The summed E-state index contributed by atoms with van der Waals surface area (Å²) in [5, 5.41) is 2.69. The van der Waals surface area contributed by atoms with Gasteiger partial charge in [-0.25, -0.2) is 9.59 Å². The van der Waals surface area contributed by atoms with Crippen molar-refractivity contribution >= 4 is 12.2 Å². The first-order valence-electron chi connectivity index (χ1n) is 6.09. The van der Waals surface area contributed by atoms with Gasteiger partial charge in [0.05, 0.1) is 12.6 Å². The first-order chi connectivity index (χ1) is 9.11. The van der Waals surface area contributed by atoms with Crippen LogP contribution in [0.4, 0.5) is 9.59 Å². The number of benzene rings is 1. The number of carbonyl (C=O) groups excluding carboxylic acids is 2. The van der Waals surface area contributed by atoms with Gasteiger partial charge in [0, 0.05) is 0 Å². The summed E-state index contributed by atoms with van der Waals surface area (Å²) >= 11 is 0. The summed E-state index contributed by atoms with van der Waals surface area (Å²) in [6, 6.07) is 7.18. The van der Waals surface area contributed by atoms with E-state index in [4.69, 9.17) is 15.2 Å². The van der Waals surface area contributed by atoms with Crippen molar-refractivity contribution in [1.29, 1.82) is 0 Å². The second-order valence-electron chi connectivity index (χ2n) is 4.23. The standard InChI is InChI=1S/C13H16N2O4/c1-2-18-13(17)15-10-7-8-5-3-4-6-9(8)11(10)19-12(14)16/h3-6,10-11H,2,7H2,1H3,(H2,14,16)(H,15,17). The summed E-state index contributed by atoms with van der Waals surface area (Å²) in [6.07, 6.45) is -1.39. The van der Waals surface area contributed by atoms with Crippen molar-refractivity contribution in [1.82, 2.24) is 5.32 Å². The van der Waals surface area contributed by atoms with E-state index in [9.17, 15) is 9.59 Å². The fourth-order valence-corrected chi connectivity index (χ4v) is 2.28. The molecular formula is C13H16N2O4. The van der Waals surface area contributed by atoms with Crippen molar-refractivity contribution in [3.63, 3.8) is 0 Å². The molecule has 0 aromatic heterocycles. The zero-order valence-corrected chi connectivity index (χ0v) is 10.6. The molecule has 0 saturated heterocycles. The lowest BCUT2D eigenvalue weighted by Crippen LogP contribution is -2.40. The van der Waals surface area contributed by atoms with Crippen molar-refractivity contribution < 1.29 is 19.1 Å². The minimum atomic E-state index is -0.864. The number of hydrogen-bond acceptors (Lipinski definition) is 4. The molecule has 19 heavy (non-hydrogen) atoms. The molecule has 1 aromatic rings. The molecule has 2 atom stereocenters. The molecule has 2 unspecified atom stereocenters. The Labute approximate surface area is 110 Å². The number of carbonyl (C=O) groups is 2. The normalized spacial score (nSPS) is 20.5. The Balaban J connectivity index is 2.16. The van der Waals surface area contributed by atoms with Gasteiger partial charge in [0.25, 0.3) is 0 Å². The topological polar surface area (TPSA) is 90.7 Å². The number of hydrogen-bond donors (Lipinski definition) is 2. The zero-order valence-electron chi connectivity index (χ0n) is 10.6. The molecule has 0 fully saturated rings. The van der Waals surface area contributed by atoms with Crippen LogP contribution >= 0.6 is 0 Å². The molecule has 2 amide bonds. The molecular weight excluding hydrogens is 248 g/mol. The summed E-state index contributed by atoms with van der Waals surface area (Å²) in [6.45, 7) is 2.01. The predicted octanol–water partition coefficient (Wildman–Crippen LogP) is 1.49. The summed E-state index contributed by atoms with van der Waals surface area (Å²) in [5.74, 6) is 0. The quantitative estimate of drug-likeness (QED) is 0.865. The van der Waals surface area contributed by atoms with E-state index in [2.05, 4.69) is 5.32 Å². The highest BCUT2D eigenvalue weighted by molar-refractivity contribution is 5.69. The first kappa shape index (κ1) is 13.2. The maximum absolute atomic E-state index is 11.5. The van der Waals surface area contributed by atoms with Crippen molar-refractivity contribution in [3.05, 3.63) is 35.4 Å². The monoisotopic (exact) mass is 264 g/mol. The summed E-state index contributed by atoms with van der Waals surface area (Å²) in [4.78, 5) is 22.5. The largest absolute Gasteiger partial charge is 0.450 e. The molecule has 1 aliphatic rings. The third-order valence-electron chi connectivity index (χ3n) is 2.99. The molecule has 6 nitrogen and oxygen atoms in total. The van der Waals surface area contributed by atoms with Crippen molar-refractivity contribution in [3.8, 4) is 0 Å².